The second-order valence-electron chi connectivity index (χ2n) is 16.4. The van der Waals surface area contributed by atoms with Gasteiger partial charge in [-0.25, -0.2) is 0 Å². The predicted molar refractivity (Wildman–Crippen MR) is 236 cm³/mol. The summed E-state index contributed by atoms with van der Waals surface area (Å²) < 4.78 is 11.1. The molecule has 58 heavy (non-hydrogen) atoms. The Morgan fingerprint density at radius 3 is 1.60 bits per heavy atom. The molecule has 1 saturated heterocycles. The van der Waals surface area contributed by atoms with Crippen LogP contribution in [0.2, 0.25) is 0 Å². The molecule has 0 aromatic heterocycles. The summed E-state index contributed by atoms with van der Waals surface area (Å²) in [4.78, 5) is 13.0. The van der Waals surface area contributed by atoms with Crippen LogP contribution in [0.4, 0.5) is 0 Å². The van der Waals surface area contributed by atoms with Crippen LogP contribution in [-0.2, 0) is 14.3 Å². The second kappa shape index (κ2) is 38.1. The van der Waals surface area contributed by atoms with Crippen molar-refractivity contribution in [2.75, 3.05) is 13.2 Å². The van der Waals surface area contributed by atoms with Gasteiger partial charge in [-0.2, -0.15) is 0 Å². The number of hydrogen-bond donors (Lipinski definition) is 7. The molecule has 0 bridgehead atoms. The molecule has 4 unspecified atom stereocenters. The number of nitrogens with one attached hydrogen (secondary N) is 1. The number of ether oxygens (including phenoxy) is 2. The summed E-state index contributed by atoms with van der Waals surface area (Å²) in [5.74, 6) is -0.636. The molecule has 1 rings (SSSR count). The van der Waals surface area contributed by atoms with Gasteiger partial charge in [-0.05, 0) is 57.8 Å². The smallest absolute Gasteiger partial charge is 0.249 e. The van der Waals surface area contributed by atoms with Crippen LogP contribution in [0.15, 0.2) is 48.6 Å². The Balaban J connectivity index is 2.40. The fourth-order valence-corrected chi connectivity index (χ4v) is 7.11. The van der Waals surface area contributed by atoms with Gasteiger partial charge in [0, 0.05) is 0 Å². The van der Waals surface area contributed by atoms with Gasteiger partial charge >= 0.3 is 0 Å². The molecule has 338 valence electrons. The van der Waals surface area contributed by atoms with E-state index in [-0.39, 0.29) is 6.61 Å². The standard InChI is InChI=1S/C48H87NO9/c1-3-5-7-9-11-13-15-17-18-19-20-21-22-23-25-27-29-31-33-35-37-42(52)47(56)49-40(39-57-48-46(55)45(54)44(53)43(38-50)58-48)41(51)36-34-32-30-28-26-24-16-14-12-10-8-6-4-2/h16-18,24,26,28,34,36,40-46,48,50-55H,3-15,19-23,25,27,29-33,35,37-39H2,1-2H3,(H,49,56)/b18-17-,24-16+,28-26+,36-34+/t40?,41-,42-,43?,44-,45?,46?,48-/m1/s1. The fraction of sp³-hybridized carbons (Fsp3) is 0.812. The monoisotopic (exact) mass is 822 g/mol. The maximum absolute atomic E-state index is 13.0. The maximum atomic E-state index is 13.0. The average Bonchev–Trinajstić information content (AvgIpc) is 3.22. The van der Waals surface area contributed by atoms with E-state index in [0.717, 1.165) is 32.1 Å². The van der Waals surface area contributed by atoms with Gasteiger partial charge in [-0.1, -0.05) is 178 Å². The topological polar surface area (TPSA) is 169 Å². The van der Waals surface area contributed by atoms with Crippen molar-refractivity contribution < 1.29 is 44.9 Å². The first-order valence-corrected chi connectivity index (χ1v) is 23.5. The summed E-state index contributed by atoms with van der Waals surface area (Å²) in [6.07, 6.45) is 37.7. The quantitative estimate of drug-likeness (QED) is 0.0183. The van der Waals surface area contributed by atoms with Crippen LogP contribution in [-0.4, -0.2) is 98.7 Å². The highest BCUT2D eigenvalue weighted by Gasteiger charge is 2.44. The Labute approximate surface area is 353 Å². The number of aliphatic hydroxyl groups is 6. The zero-order chi connectivity index (χ0) is 42.5. The van der Waals surface area contributed by atoms with E-state index in [0.29, 0.717) is 19.3 Å². The molecule has 1 fully saturated rings. The first-order chi connectivity index (χ1) is 28.3. The normalized spacial score (nSPS) is 21.8. The molecular formula is C48H87NO9. The highest BCUT2D eigenvalue weighted by atomic mass is 16.7. The largest absolute Gasteiger partial charge is 0.394 e. The minimum Gasteiger partial charge on any atom is -0.394 e. The number of carbonyl (C=O) groups is 1. The zero-order valence-corrected chi connectivity index (χ0v) is 36.7. The van der Waals surface area contributed by atoms with Crippen molar-refractivity contribution in [2.24, 2.45) is 0 Å². The summed E-state index contributed by atoms with van der Waals surface area (Å²) in [6, 6.07) is -1.01. The molecule has 7 N–H and O–H groups in total. The van der Waals surface area contributed by atoms with Crippen molar-refractivity contribution in [2.45, 2.75) is 236 Å². The second-order valence-corrected chi connectivity index (χ2v) is 16.4. The van der Waals surface area contributed by atoms with E-state index >= 15 is 0 Å². The van der Waals surface area contributed by atoms with Gasteiger partial charge in [0.25, 0.3) is 0 Å². The first kappa shape index (κ1) is 54.1. The molecule has 0 radical (unpaired) electrons. The third-order valence-electron chi connectivity index (χ3n) is 11.0. The number of hydrogen-bond acceptors (Lipinski definition) is 9. The molecule has 8 atom stereocenters. The van der Waals surface area contributed by atoms with E-state index in [2.05, 4.69) is 49.5 Å². The van der Waals surface area contributed by atoms with Crippen LogP contribution in [0.3, 0.4) is 0 Å². The first-order valence-electron chi connectivity index (χ1n) is 23.5. The minimum atomic E-state index is -1.62. The maximum Gasteiger partial charge on any atom is 0.249 e. The summed E-state index contributed by atoms with van der Waals surface area (Å²) in [6.45, 7) is 3.54. The number of amides is 1. The highest BCUT2D eigenvalue weighted by molar-refractivity contribution is 5.80. The van der Waals surface area contributed by atoms with Gasteiger partial charge in [0.1, 0.15) is 30.5 Å². The molecule has 1 aliphatic rings. The molecule has 1 heterocycles. The van der Waals surface area contributed by atoms with Gasteiger partial charge in [-0.3, -0.25) is 4.79 Å². The molecule has 10 nitrogen and oxygen atoms in total. The lowest BCUT2D eigenvalue weighted by atomic mass is 9.99. The molecule has 0 saturated carbocycles. The van der Waals surface area contributed by atoms with Crippen molar-refractivity contribution >= 4 is 5.91 Å². The van der Waals surface area contributed by atoms with Crippen LogP contribution in [0.1, 0.15) is 187 Å². The van der Waals surface area contributed by atoms with Crippen LogP contribution in [0.25, 0.3) is 0 Å². The lowest BCUT2D eigenvalue weighted by Crippen LogP contribution is -2.60. The zero-order valence-electron chi connectivity index (χ0n) is 36.7. The Morgan fingerprint density at radius 2 is 1.07 bits per heavy atom. The van der Waals surface area contributed by atoms with Crippen LogP contribution >= 0.6 is 0 Å². The molecule has 1 aliphatic heterocycles. The lowest BCUT2D eigenvalue weighted by Gasteiger charge is -2.40. The SMILES string of the molecule is CCCCCCC/C=C/C=C/CC/C=C/[C@@H](O)C(CO[C@@H]1OC(CO)[C@@H](O)C(O)C1O)NC(=O)[C@H](O)CCCCCCCCCCCC/C=C\CCCCCCCC. The molecule has 10 heteroatoms. The van der Waals surface area contributed by atoms with Crippen LogP contribution in [0, 0.1) is 0 Å². The van der Waals surface area contributed by atoms with Gasteiger partial charge < -0.3 is 45.4 Å². The Morgan fingerprint density at radius 1 is 0.603 bits per heavy atom. The molecule has 0 spiro atoms. The highest BCUT2D eigenvalue weighted by Crippen LogP contribution is 2.22. The lowest BCUT2D eigenvalue weighted by molar-refractivity contribution is -0.302. The number of unbranched alkanes of at least 4 members (excludes halogenated alkanes) is 22. The fourth-order valence-electron chi connectivity index (χ4n) is 7.11. The summed E-state index contributed by atoms with van der Waals surface area (Å²) in [5, 5.41) is 64.6. The van der Waals surface area contributed by atoms with Crippen molar-refractivity contribution in [3.8, 4) is 0 Å². The molecule has 0 aliphatic carbocycles. The number of aliphatic hydroxyl groups excluding tert-OH is 6. The number of rotatable bonds is 38. The minimum absolute atomic E-state index is 0.297. The van der Waals surface area contributed by atoms with E-state index in [1.54, 1.807) is 6.08 Å². The summed E-state index contributed by atoms with van der Waals surface area (Å²) in [5.41, 5.74) is 0. The van der Waals surface area contributed by atoms with Crippen molar-refractivity contribution in [1.29, 1.82) is 0 Å². The molecular weight excluding hydrogens is 735 g/mol. The number of allylic oxidation sites excluding steroid dienone is 7. The Bertz CT molecular complexity index is 1060. The van der Waals surface area contributed by atoms with Crippen molar-refractivity contribution in [3.63, 3.8) is 0 Å². The summed E-state index contributed by atoms with van der Waals surface area (Å²) in [7, 11) is 0. The molecule has 1 amide bonds. The van der Waals surface area contributed by atoms with E-state index in [1.165, 1.54) is 122 Å². The van der Waals surface area contributed by atoms with Crippen molar-refractivity contribution in [3.05, 3.63) is 48.6 Å². The van der Waals surface area contributed by atoms with Gasteiger partial charge in [0.05, 0.1) is 25.4 Å². The van der Waals surface area contributed by atoms with Crippen molar-refractivity contribution in [1.82, 2.24) is 5.32 Å². The van der Waals surface area contributed by atoms with E-state index in [9.17, 15) is 35.4 Å². The third-order valence-corrected chi connectivity index (χ3v) is 11.0. The Hall–Kier alpha value is -1.89. The third kappa shape index (κ3) is 27.8. The van der Waals surface area contributed by atoms with E-state index in [1.807, 2.05) is 12.2 Å². The molecule has 0 aromatic carbocycles. The summed E-state index contributed by atoms with van der Waals surface area (Å²) >= 11 is 0. The van der Waals surface area contributed by atoms with Crippen LogP contribution < -0.4 is 5.32 Å². The van der Waals surface area contributed by atoms with E-state index < -0.39 is 61.5 Å². The van der Waals surface area contributed by atoms with Gasteiger partial charge in [0.15, 0.2) is 6.29 Å². The molecule has 0 aromatic rings. The number of carbonyl (C=O) groups excluding carboxylic acids is 1. The Kier molecular flexibility index (Phi) is 35.5. The van der Waals surface area contributed by atoms with Crippen LogP contribution in [0.5, 0.6) is 0 Å². The predicted octanol–water partition coefficient (Wildman–Crippen LogP) is 8.81. The van der Waals surface area contributed by atoms with Gasteiger partial charge in [0.2, 0.25) is 5.91 Å². The van der Waals surface area contributed by atoms with Gasteiger partial charge in [-0.15, -0.1) is 0 Å². The van der Waals surface area contributed by atoms with E-state index in [4.69, 9.17) is 9.47 Å². The average molecular weight is 822 g/mol.